The van der Waals surface area contributed by atoms with Crippen LogP contribution in [0.3, 0.4) is 0 Å². The topological polar surface area (TPSA) is 101 Å². The van der Waals surface area contributed by atoms with Crippen LogP contribution in [-0.2, 0) is 17.0 Å². The van der Waals surface area contributed by atoms with Crippen LogP contribution in [0.15, 0.2) is 58.3 Å². The number of thiazole rings is 1. The molecular weight excluding hydrogens is 462 g/mol. The van der Waals surface area contributed by atoms with E-state index in [1.807, 2.05) is 41.8 Å². The summed E-state index contributed by atoms with van der Waals surface area (Å²) in [5.74, 6) is 1.31. The maximum atomic E-state index is 12.4. The summed E-state index contributed by atoms with van der Waals surface area (Å²) in [6.45, 7) is 0. The molecule has 0 spiro atoms. The number of ether oxygens (including phenoxy) is 1. The molecule has 1 N–H and O–H groups in total. The molecule has 7 nitrogen and oxygen atoms in total. The summed E-state index contributed by atoms with van der Waals surface area (Å²) < 4.78 is 5.94. The highest BCUT2D eigenvalue weighted by atomic mass is 32.2. The molecule has 32 heavy (non-hydrogen) atoms. The molecule has 4 aromatic rings. The van der Waals surface area contributed by atoms with Gasteiger partial charge in [0.15, 0.2) is 4.34 Å². The van der Waals surface area contributed by atoms with Crippen molar-refractivity contribution in [2.75, 3.05) is 12.4 Å². The van der Waals surface area contributed by atoms with Crippen LogP contribution in [0.4, 0.5) is 5.13 Å². The van der Waals surface area contributed by atoms with Crippen LogP contribution in [0.25, 0.3) is 10.6 Å². The number of methoxy groups -OCH3 is 1. The van der Waals surface area contributed by atoms with Gasteiger partial charge in [-0.25, -0.2) is 4.98 Å². The van der Waals surface area contributed by atoms with Crippen molar-refractivity contribution in [2.45, 2.75) is 16.5 Å². The lowest BCUT2D eigenvalue weighted by Crippen LogP contribution is -2.14. The van der Waals surface area contributed by atoms with Gasteiger partial charge >= 0.3 is 0 Å². The Labute approximate surface area is 197 Å². The number of amides is 1. The minimum Gasteiger partial charge on any atom is -0.497 e. The quantitative estimate of drug-likeness (QED) is 0.280. The van der Waals surface area contributed by atoms with E-state index >= 15 is 0 Å². The molecule has 0 unspecified atom stereocenters. The summed E-state index contributed by atoms with van der Waals surface area (Å²) >= 11 is 4.36. The Morgan fingerprint density at radius 1 is 1.16 bits per heavy atom. The van der Waals surface area contributed by atoms with Crippen LogP contribution in [0, 0.1) is 11.3 Å². The van der Waals surface area contributed by atoms with Gasteiger partial charge in [0.25, 0.3) is 0 Å². The van der Waals surface area contributed by atoms with E-state index in [1.165, 1.54) is 34.4 Å². The predicted molar refractivity (Wildman–Crippen MR) is 127 cm³/mol. The second-order valence-corrected chi connectivity index (χ2v) is 9.63. The van der Waals surface area contributed by atoms with Gasteiger partial charge in [0, 0.05) is 16.7 Å². The first-order valence-electron chi connectivity index (χ1n) is 9.47. The molecule has 0 bridgehead atoms. The van der Waals surface area contributed by atoms with Crippen LogP contribution in [0.2, 0.25) is 0 Å². The molecule has 2 heterocycles. The van der Waals surface area contributed by atoms with E-state index in [0.29, 0.717) is 22.1 Å². The van der Waals surface area contributed by atoms with Crippen molar-refractivity contribution in [2.24, 2.45) is 0 Å². The molecular formula is C22H17N5O2S3. The molecule has 0 aliphatic rings. The first kappa shape index (κ1) is 22.0. The lowest BCUT2D eigenvalue weighted by atomic mass is 10.2. The number of hydrogen-bond acceptors (Lipinski definition) is 9. The zero-order chi connectivity index (χ0) is 22.3. The molecule has 0 fully saturated rings. The first-order chi connectivity index (χ1) is 15.6. The number of carbonyl (C=O) groups is 1. The second-order valence-electron chi connectivity index (χ2n) is 6.57. The Morgan fingerprint density at radius 3 is 2.66 bits per heavy atom. The highest BCUT2D eigenvalue weighted by Crippen LogP contribution is 2.29. The molecule has 0 aliphatic heterocycles. The van der Waals surface area contributed by atoms with Gasteiger partial charge in [0.2, 0.25) is 11.0 Å². The van der Waals surface area contributed by atoms with E-state index in [1.54, 1.807) is 19.2 Å². The predicted octanol–water partition coefficient (Wildman–Crippen LogP) is 5.02. The smallest absolute Gasteiger partial charge is 0.232 e. The first-order valence-corrected chi connectivity index (χ1v) is 12.1. The van der Waals surface area contributed by atoms with Crippen molar-refractivity contribution in [1.82, 2.24) is 15.2 Å². The molecule has 0 radical (unpaired) electrons. The fourth-order valence-corrected chi connectivity index (χ4v) is 5.27. The lowest BCUT2D eigenvalue weighted by Gasteiger charge is -2.00. The average molecular weight is 480 g/mol. The van der Waals surface area contributed by atoms with Gasteiger partial charge in [0.1, 0.15) is 10.8 Å². The minimum atomic E-state index is -0.184. The molecule has 0 saturated carbocycles. The summed E-state index contributed by atoms with van der Waals surface area (Å²) in [6.07, 6.45) is 0.167. The van der Waals surface area contributed by atoms with E-state index in [9.17, 15) is 4.79 Å². The number of nitrogens with zero attached hydrogens (tertiary/aromatic N) is 4. The largest absolute Gasteiger partial charge is 0.497 e. The van der Waals surface area contributed by atoms with Crippen LogP contribution in [-0.4, -0.2) is 28.2 Å². The summed E-state index contributed by atoms with van der Waals surface area (Å²) in [4.78, 5) is 17.0. The van der Waals surface area contributed by atoms with Gasteiger partial charge in [-0.1, -0.05) is 35.2 Å². The van der Waals surface area contributed by atoms with Gasteiger partial charge < -0.3 is 10.1 Å². The van der Waals surface area contributed by atoms with E-state index in [-0.39, 0.29) is 12.3 Å². The van der Waals surface area contributed by atoms with E-state index in [4.69, 9.17) is 10.00 Å². The molecule has 2 aromatic heterocycles. The van der Waals surface area contributed by atoms with Crippen LogP contribution in [0.5, 0.6) is 5.75 Å². The van der Waals surface area contributed by atoms with Gasteiger partial charge in [-0.2, -0.15) is 5.26 Å². The third kappa shape index (κ3) is 5.70. The number of benzene rings is 2. The Morgan fingerprint density at radius 2 is 1.94 bits per heavy atom. The molecule has 0 atom stereocenters. The Bertz CT molecular complexity index is 1240. The number of nitriles is 1. The normalized spacial score (nSPS) is 10.5. The molecule has 10 heteroatoms. The standard InChI is InChI=1S/C22H17N5O2S3/c1-29-18-8-6-16(7-9-18)20-24-17(13-30-20)10-19(28)25-21-26-27-22(32-21)31-12-15-4-2-14(11-23)3-5-15/h2-9,13H,10,12H2,1H3,(H,25,26,28). The van der Waals surface area contributed by atoms with Crippen molar-refractivity contribution in [3.63, 3.8) is 0 Å². The summed E-state index contributed by atoms with van der Waals surface area (Å²) in [5.41, 5.74) is 3.41. The average Bonchev–Trinajstić information content (AvgIpc) is 3.47. The molecule has 0 aliphatic carbocycles. The number of aromatic nitrogens is 3. The van der Waals surface area contributed by atoms with Crippen molar-refractivity contribution in [3.8, 4) is 22.4 Å². The summed E-state index contributed by atoms with van der Waals surface area (Å²) in [5, 5.41) is 23.0. The summed E-state index contributed by atoms with van der Waals surface area (Å²) in [7, 11) is 1.63. The number of hydrogen-bond donors (Lipinski definition) is 1. The van der Waals surface area contributed by atoms with Crippen molar-refractivity contribution < 1.29 is 9.53 Å². The van der Waals surface area contributed by atoms with Crippen LogP contribution >= 0.6 is 34.4 Å². The highest BCUT2D eigenvalue weighted by Gasteiger charge is 2.12. The van der Waals surface area contributed by atoms with E-state index in [2.05, 4.69) is 26.6 Å². The zero-order valence-corrected chi connectivity index (χ0v) is 19.4. The number of nitrogens with one attached hydrogen (secondary N) is 1. The van der Waals surface area contributed by atoms with Crippen molar-refractivity contribution >= 4 is 45.5 Å². The number of carbonyl (C=O) groups excluding carboxylic acids is 1. The Balaban J connectivity index is 1.29. The van der Waals surface area contributed by atoms with Gasteiger partial charge in [-0.05, 0) is 42.0 Å². The minimum absolute atomic E-state index is 0.167. The third-order valence-electron chi connectivity index (χ3n) is 4.33. The maximum Gasteiger partial charge on any atom is 0.232 e. The number of anilines is 1. The lowest BCUT2D eigenvalue weighted by molar-refractivity contribution is -0.115. The van der Waals surface area contributed by atoms with Crippen LogP contribution in [0.1, 0.15) is 16.8 Å². The monoisotopic (exact) mass is 479 g/mol. The molecule has 2 aromatic carbocycles. The zero-order valence-electron chi connectivity index (χ0n) is 16.9. The molecule has 0 saturated heterocycles. The van der Waals surface area contributed by atoms with Gasteiger partial charge in [-0.3, -0.25) is 4.79 Å². The number of thioether (sulfide) groups is 1. The van der Waals surface area contributed by atoms with Crippen LogP contribution < -0.4 is 10.1 Å². The van der Waals surface area contributed by atoms with E-state index < -0.39 is 0 Å². The third-order valence-corrected chi connectivity index (χ3v) is 7.31. The fourth-order valence-electron chi connectivity index (χ4n) is 2.72. The van der Waals surface area contributed by atoms with Crippen molar-refractivity contribution in [3.05, 3.63) is 70.7 Å². The fraction of sp³-hybridized carbons (Fsp3) is 0.136. The van der Waals surface area contributed by atoms with Gasteiger partial charge in [-0.15, -0.1) is 21.5 Å². The SMILES string of the molecule is COc1ccc(-c2nc(CC(=O)Nc3nnc(SCc4ccc(C#N)cc4)s3)cs2)cc1. The molecule has 160 valence electrons. The Kier molecular flexibility index (Phi) is 7.11. The highest BCUT2D eigenvalue weighted by molar-refractivity contribution is 8.00. The van der Waals surface area contributed by atoms with Gasteiger partial charge in [0.05, 0.1) is 30.9 Å². The number of rotatable bonds is 8. The summed E-state index contributed by atoms with van der Waals surface area (Å²) in [6, 6.07) is 17.2. The van der Waals surface area contributed by atoms with Crippen molar-refractivity contribution in [1.29, 1.82) is 5.26 Å². The Hall–Kier alpha value is -3.26. The van der Waals surface area contributed by atoms with E-state index in [0.717, 1.165) is 26.2 Å². The maximum absolute atomic E-state index is 12.4. The molecule has 4 rings (SSSR count). The second kappa shape index (κ2) is 10.4. The molecule has 1 amide bonds.